The van der Waals surface area contributed by atoms with E-state index in [1.165, 1.54) is 23.6 Å². The van der Waals surface area contributed by atoms with E-state index in [1.807, 2.05) is 42.5 Å². The molecule has 0 saturated carbocycles. The Morgan fingerprint density at radius 1 is 1.00 bits per heavy atom. The summed E-state index contributed by atoms with van der Waals surface area (Å²) in [6.07, 6.45) is 4.28. The molecule has 0 atom stereocenters. The summed E-state index contributed by atoms with van der Waals surface area (Å²) < 4.78 is 6.12. The molecule has 1 heterocycles. The normalized spacial score (nSPS) is 13.3. The predicted molar refractivity (Wildman–Crippen MR) is 95.9 cm³/mol. The number of carbonyl (C=O) groups is 1. The molecule has 0 spiro atoms. The molecule has 1 aliphatic rings. The molecule has 4 rings (SSSR count). The van der Waals surface area contributed by atoms with Crippen molar-refractivity contribution in [1.82, 2.24) is 4.74 Å². The highest BCUT2D eigenvalue weighted by Crippen LogP contribution is 2.28. The number of nitrogens with zero attached hydrogens (tertiary/aromatic N) is 1. The van der Waals surface area contributed by atoms with E-state index >= 15 is 0 Å². The number of nitrogens with one attached hydrogen (secondary N) is 1. The summed E-state index contributed by atoms with van der Waals surface area (Å²) in [6.45, 7) is 0. The molecule has 25 heavy (non-hydrogen) atoms. The van der Waals surface area contributed by atoms with Crippen LogP contribution in [-0.4, -0.2) is 10.8 Å². The zero-order chi connectivity index (χ0) is 17.2. The summed E-state index contributed by atoms with van der Waals surface area (Å²) in [7, 11) is 0. The van der Waals surface area contributed by atoms with Crippen molar-refractivity contribution >= 4 is 11.7 Å². The van der Waals surface area contributed by atoms with Crippen molar-refractivity contribution < 1.29 is 9.32 Å². The lowest BCUT2D eigenvalue weighted by Gasteiger charge is -2.19. The number of carbonyl (C=O) groups excluding carboxylic acids is 1. The second-order valence-electron chi connectivity index (χ2n) is 6.18. The first-order valence-electron chi connectivity index (χ1n) is 8.43. The summed E-state index contributed by atoms with van der Waals surface area (Å²) in [6, 6.07) is 16.0. The van der Waals surface area contributed by atoms with E-state index in [2.05, 4.69) is 11.4 Å². The van der Waals surface area contributed by atoms with Gasteiger partial charge < -0.3 is 9.84 Å². The maximum atomic E-state index is 12.7. The second-order valence-corrected chi connectivity index (χ2v) is 6.18. The van der Waals surface area contributed by atoms with Gasteiger partial charge in [-0.2, -0.15) is 0 Å². The van der Waals surface area contributed by atoms with Gasteiger partial charge in [-0.15, -0.1) is 4.74 Å². The molecule has 0 radical (unpaired) electrons. The van der Waals surface area contributed by atoms with Crippen LogP contribution in [0.1, 0.15) is 24.0 Å². The lowest BCUT2D eigenvalue weighted by atomic mass is 9.90. The minimum atomic E-state index is -0.552. The van der Waals surface area contributed by atoms with Crippen LogP contribution in [-0.2, 0) is 12.8 Å². The molecule has 1 aliphatic carbocycles. The van der Waals surface area contributed by atoms with Gasteiger partial charge in [-0.3, -0.25) is 0 Å². The molecule has 126 valence electrons. The van der Waals surface area contributed by atoms with Crippen LogP contribution in [0.3, 0.4) is 0 Å². The number of anilines is 1. The molecular weight excluding hydrogens is 316 g/mol. The number of aromatic nitrogens is 1. The molecule has 1 N–H and O–H groups in total. The molecule has 0 unspecified atom stereocenters. The van der Waals surface area contributed by atoms with Gasteiger partial charge in [0, 0.05) is 11.3 Å². The van der Waals surface area contributed by atoms with E-state index in [-0.39, 0.29) is 0 Å². The van der Waals surface area contributed by atoms with Crippen LogP contribution in [0, 0.1) is 0 Å². The molecule has 0 aliphatic heterocycles. The first-order valence-corrected chi connectivity index (χ1v) is 8.43. The van der Waals surface area contributed by atoms with Crippen molar-refractivity contribution in [3.05, 3.63) is 76.1 Å². The lowest BCUT2D eigenvalue weighted by molar-refractivity contribution is 0.220. The number of rotatable bonds is 2. The number of hydrogen-bond acceptors (Lipinski definition) is 3. The summed E-state index contributed by atoms with van der Waals surface area (Å²) in [5.74, 6) is 0. The summed E-state index contributed by atoms with van der Waals surface area (Å²) in [5.41, 5.74) is 3.88. The average molecular weight is 334 g/mol. The predicted octanol–water partition coefficient (Wildman–Crippen LogP) is 4.07. The summed E-state index contributed by atoms with van der Waals surface area (Å²) in [4.78, 5) is 24.4. The molecule has 0 bridgehead atoms. The molecule has 3 aromatic rings. The van der Waals surface area contributed by atoms with E-state index in [0.717, 1.165) is 35.3 Å². The van der Waals surface area contributed by atoms with E-state index in [0.29, 0.717) is 5.69 Å². The zero-order valence-corrected chi connectivity index (χ0v) is 13.7. The second kappa shape index (κ2) is 6.43. The van der Waals surface area contributed by atoms with Crippen molar-refractivity contribution in [2.75, 3.05) is 5.32 Å². The van der Waals surface area contributed by atoms with Crippen LogP contribution in [0.4, 0.5) is 10.5 Å². The van der Waals surface area contributed by atoms with Gasteiger partial charge in [-0.05, 0) is 42.9 Å². The third kappa shape index (κ3) is 3.01. The minimum absolute atomic E-state index is 0.438. The topological polar surface area (TPSA) is 64.2 Å². The molecule has 5 nitrogen and oxygen atoms in total. The molecule has 1 amide bonds. The third-order valence-electron chi connectivity index (χ3n) is 4.55. The molecule has 0 saturated heterocycles. The van der Waals surface area contributed by atoms with Crippen LogP contribution in [0.15, 0.2) is 63.9 Å². The van der Waals surface area contributed by atoms with Crippen LogP contribution >= 0.6 is 0 Å². The third-order valence-corrected chi connectivity index (χ3v) is 4.55. The molecular formula is C20H18N2O3. The highest BCUT2D eigenvalue weighted by molar-refractivity contribution is 5.93. The Morgan fingerprint density at radius 3 is 2.64 bits per heavy atom. The lowest BCUT2D eigenvalue weighted by Crippen LogP contribution is -2.21. The van der Waals surface area contributed by atoms with Gasteiger partial charge in [0.2, 0.25) is 0 Å². The fourth-order valence-electron chi connectivity index (χ4n) is 3.36. The van der Waals surface area contributed by atoms with Crippen LogP contribution in [0.25, 0.3) is 11.3 Å². The van der Waals surface area contributed by atoms with Crippen molar-refractivity contribution in [2.24, 2.45) is 0 Å². The van der Waals surface area contributed by atoms with Gasteiger partial charge in [0.25, 0.3) is 0 Å². The Hall–Kier alpha value is -3.08. The van der Waals surface area contributed by atoms with E-state index < -0.39 is 11.7 Å². The van der Waals surface area contributed by atoms with Crippen molar-refractivity contribution in [1.29, 1.82) is 0 Å². The van der Waals surface area contributed by atoms with E-state index in [4.69, 9.17) is 4.52 Å². The first-order chi connectivity index (χ1) is 12.2. The maximum absolute atomic E-state index is 12.7. The van der Waals surface area contributed by atoms with Gasteiger partial charge >= 0.3 is 11.7 Å². The largest absolute Gasteiger partial charge is 0.359 e. The Balaban J connectivity index is 1.68. The Bertz CT molecular complexity index is 970. The standard InChI is InChI=1S/C20H18N2O3/c23-19-13-18(15-8-2-1-3-9-15)22(25-19)20(24)21-17-12-6-10-14-7-4-5-11-16(14)17/h1-3,6,8-10,12-13H,4-5,7,11H2,(H,21,24). The number of benzene rings is 2. The van der Waals surface area contributed by atoms with Crippen LogP contribution < -0.4 is 10.9 Å². The fourth-order valence-corrected chi connectivity index (χ4v) is 3.36. The number of hydrogen-bond donors (Lipinski definition) is 1. The van der Waals surface area contributed by atoms with Gasteiger partial charge in [-0.25, -0.2) is 9.59 Å². The Labute approximate surface area is 144 Å². The van der Waals surface area contributed by atoms with E-state index in [9.17, 15) is 9.59 Å². The van der Waals surface area contributed by atoms with E-state index in [1.54, 1.807) is 0 Å². The fraction of sp³-hybridized carbons (Fsp3) is 0.200. The van der Waals surface area contributed by atoms with Gasteiger partial charge in [0.1, 0.15) is 5.69 Å². The SMILES string of the molecule is O=C(Nc1cccc2c1CCCC2)n1oc(=O)cc1-c1ccccc1. The number of aryl methyl sites for hydroxylation is 1. The number of amides is 1. The minimum Gasteiger partial charge on any atom is -0.327 e. The highest BCUT2D eigenvalue weighted by Gasteiger charge is 2.19. The quantitative estimate of drug-likeness (QED) is 0.768. The maximum Gasteiger partial charge on any atom is 0.359 e. The first kappa shape index (κ1) is 15.4. The monoisotopic (exact) mass is 334 g/mol. The molecule has 5 heteroatoms. The van der Waals surface area contributed by atoms with Gasteiger partial charge in [-0.1, -0.05) is 42.5 Å². The van der Waals surface area contributed by atoms with Crippen LogP contribution in [0.5, 0.6) is 0 Å². The van der Waals surface area contributed by atoms with Gasteiger partial charge in [0.15, 0.2) is 0 Å². The zero-order valence-electron chi connectivity index (χ0n) is 13.7. The van der Waals surface area contributed by atoms with Crippen molar-refractivity contribution in [3.8, 4) is 11.3 Å². The average Bonchev–Trinajstić information content (AvgIpc) is 3.05. The van der Waals surface area contributed by atoms with Crippen molar-refractivity contribution in [3.63, 3.8) is 0 Å². The van der Waals surface area contributed by atoms with Gasteiger partial charge in [0.05, 0.1) is 6.07 Å². The molecule has 0 fully saturated rings. The highest BCUT2D eigenvalue weighted by atomic mass is 16.5. The molecule has 2 aromatic carbocycles. The number of fused-ring (bicyclic) bond motifs is 1. The molecule has 1 aromatic heterocycles. The Kier molecular flexibility index (Phi) is 3.98. The Morgan fingerprint density at radius 2 is 1.80 bits per heavy atom. The summed E-state index contributed by atoms with van der Waals surface area (Å²) >= 11 is 0. The summed E-state index contributed by atoms with van der Waals surface area (Å²) in [5, 5.41) is 2.90. The van der Waals surface area contributed by atoms with Crippen LogP contribution in [0.2, 0.25) is 0 Å². The van der Waals surface area contributed by atoms with Crippen molar-refractivity contribution in [2.45, 2.75) is 25.7 Å². The smallest absolute Gasteiger partial charge is 0.327 e.